The van der Waals surface area contributed by atoms with Crippen LogP contribution in [0.4, 0.5) is 0 Å². The molecule has 0 aliphatic rings. The highest BCUT2D eigenvalue weighted by atomic mass is 16.1. The van der Waals surface area contributed by atoms with Gasteiger partial charge in [0.15, 0.2) is 0 Å². The first-order valence-corrected chi connectivity index (χ1v) is 6.86. The summed E-state index contributed by atoms with van der Waals surface area (Å²) in [6, 6.07) is 12.2. The molecule has 2 heterocycles. The van der Waals surface area contributed by atoms with Crippen LogP contribution in [0.5, 0.6) is 0 Å². The van der Waals surface area contributed by atoms with E-state index >= 15 is 0 Å². The Morgan fingerprint density at radius 1 is 1.30 bits per heavy atom. The van der Waals surface area contributed by atoms with E-state index in [2.05, 4.69) is 20.6 Å². The molecule has 1 aromatic carbocycles. The number of amides is 1. The standard InChI is InChI=1S/C16H12N6O/c17-8-12-3-1-4-13(7-12)16(23)19-9-14-11-22(21-20-14)15-5-2-6-18-10-15/h1-7,10-11H,9H2,(H,19,23). The van der Waals surface area contributed by atoms with E-state index in [1.54, 1.807) is 53.6 Å². The minimum absolute atomic E-state index is 0.246. The van der Waals surface area contributed by atoms with Crippen LogP contribution < -0.4 is 5.32 Å². The van der Waals surface area contributed by atoms with Crippen molar-refractivity contribution >= 4 is 5.91 Å². The van der Waals surface area contributed by atoms with Gasteiger partial charge in [-0.05, 0) is 30.3 Å². The zero-order chi connectivity index (χ0) is 16.1. The van der Waals surface area contributed by atoms with Gasteiger partial charge in [-0.25, -0.2) is 4.68 Å². The summed E-state index contributed by atoms with van der Waals surface area (Å²) >= 11 is 0. The first-order valence-electron chi connectivity index (χ1n) is 6.86. The Morgan fingerprint density at radius 3 is 3.00 bits per heavy atom. The zero-order valence-corrected chi connectivity index (χ0v) is 12.0. The molecule has 0 aliphatic carbocycles. The molecule has 2 aromatic heterocycles. The summed E-state index contributed by atoms with van der Waals surface area (Å²) in [6.45, 7) is 0.246. The van der Waals surface area contributed by atoms with Crippen molar-refractivity contribution < 1.29 is 4.79 Å². The number of benzene rings is 1. The lowest BCUT2D eigenvalue weighted by Gasteiger charge is -2.03. The fourth-order valence-electron chi connectivity index (χ4n) is 2.00. The first kappa shape index (κ1) is 14.4. The van der Waals surface area contributed by atoms with Gasteiger partial charge in [0.2, 0.25) is 0 Å². The predicted octanol–water partition coefficient (Wildman–Crippen LogP) is 1.46. The van der Waals surface area contributed by atoms with Crippen LogP contribution in [0.25, 0.3) is 5.69 Å². The lowest BCUT2D eigenvalue weighted by Crippen LogP contribution is -2.23. The van der Waals surface area contributed by atoms with E-state index in [0.717, 1.165) is 5.69 Å². The smallest absolute Gasteiger partial charge is 0.251 e. The normalized spacial score (nSPS) is 10.0. The molecule has 3 rings (SSSR count). The molecule has 3 aromatic rings. The third kappa shape index (κ3) is 3.39. The molecular formula is C16H12N6O. The first-order chi connectivity index (χ1) is 11.3. The molecule has 0 spiro atoms. The van der Waals surface area contributed by atoms with Crippen molar-refractivity contribution in [3.63, 3.8) is 0 Å². The summed E-state index contributed by atoms with van der Waals surface area (Å²) in [5.74, 6) is -0.266. The summed E-state index contributed by atoms with van der Waals surface area (Å²) in [5.41, 5.74) is 2.29. The Bertz CT molecular complexity index is 866. The molecular weight excluding hydrogens is 292 g/mol. The lowest BCUT2D eigenvalue weighted by atomic mass is 10.1. The second kappa shape index (κ2) is 6.49. The number of nitrogens with zero attached hydrogens (tertiary/aromatic N) is 5. The van der Waals surface area contributed by atoms with Crippen molar-refractivity contribution in [2.45, 2.75) is 6.54 Å². The second-order valence-corrected chi connectivity index (χ2v) is 4.74. The number of nitriles is 1. The van der Waals surface area contributed by atoms with Gasteiger partial charge >= 0.3 is 0 Å². The van der Waals surface area contributed by atoms with Crippen molar-refractivity contribution in [2.75, 3.05) is 0 Å². The number of carbonyl (C=O) groups is 1. The molecule has 1 N–H and O–H groups in total. The van der Waals surface area contributed by atoms with Gasteiger partial charge in [0.25, 0.3) is 5.91 Å². The van der Waals surface area contributed by atoms with Gasteiger partial charge < -0.3 is 5.32 Å². The third-order valence-corrected chi connectivity index (χ3v) is 3.14. The molecule has 7 heteroatoms. The molecule has 0 atom stereocenters. The van der Waals surface area contributed by atoms with Crippen molar-refractivity contribution in [2.24, 2.45) is 0 Å². The molecule has 0 unspecified atom stereocenters. The van der Waals surface area contributed by atoms with Gasteiger partial charge in [-0.15, -0.1) is 5.10 Å². The van der Waals surface area contributed by atoms with E-state index < -0.39 is 0 Å². The highest BCUT2D eigenvalue weighted by molar-refractivity contribution is 5.94. The van der Waals surface area contributed by atoms with Crippen LogP contribution in [0.1, 0.15) is 21.6 Å². The molecule has 0 saturated carbocycles. The van der Waals surface area contributed by atoms with Gasteiger partial charge in [-0.3, -0.25) is 9.78 Å². The Hall–Kier alpha value is -3.53. The second-order valence-electron chi connectivity index (χ2n) is 4.74. The predicted molar refractivity (Wildman–Crippen MR) is 81.5 cm³/mol. The van der Waals surface area contributed by atoms with Crippen LogP contribution in [-0.2, 0) is 6.54 Å². The quantitative estimate of drug-likeness (QED) is 0.787. The maximum absolute atomic E-state index is 12.1. The molecule has 1 amide bonds. The van der Waals surface area contributed by atoms with E-state index in [0.29, 0.717) is 16.8 Å². The van der Waals surface area contributed by atoms with Gasteiger partial charge in [-0.2, -0.15) is 5.26 Å². The Morgan fingerprint density at radius 2 is 2.22 bits per heavy atom. The minimum Gasteiger partial charge on any atom is -0.346 e. The van der Waals surface area contributed by atoms with Gasteiger partial charge in [0.1, 0.15) is 5.69 Å². The van der Waals surface area contributed by atoms with Crippen LogP contribution in [0.2, 0.25) is 0 Å². The summed E-state index contributed by atoms with van der Waals surface area (Å²) in [7, 11) is 0. The molecule has 0 radical (unpaired) electrons. The van der Waals surface area contributed by atoms with E-state index in [-0.39, 0.29) is 12.5 Å². The van der Waals surface area contributed by atoms with Gasteiger partial charge in [-0.1, -0.05) is 11.3 Å². The van der Waals surface area contributed by atoms with Crippen LogP contribution >= 0.6 is 0 Å². The Kier molecular flexibility index (Phi) is 4.07. The number of rotatable bonds is 4. The summed E-state index contributed by atoms with van der Waals surface area (Å²) in [6.07, 6.45) is 5.07. The number of pyridine rings is 1. The Balaban J connectivity index is 1.66. The highest BCUT2D eigenvalue weighted by Gasteiger charge is 2.08. The maximum atomic E-state index is 12.1. The van der Waals surface area contributed by atoms with Crippen molar-refractivity contribution in [1.29, 1.82) is 5.26 Å². The summed E-state index contributed by atoms with van der Waals surface area (Å²) in [4.78, 5) is 16.1. The van der Waals surface area contributed by atoms with Crippen LogP contribution in [0, 0.1) is 11.3 Å². The molecule has 7 nitrogen and oxygen atoms in total. The van der Waals surface area contributed by atoms with E-state index in [4.69, 9.17) is 5.26 Å². The van der Waals surface area contributed by atoms with Crippen LogP contribution in [0.15, 0.2) is 55.0 Å². The topological polar surface area (TPSA) is 96.5 Å². The van der Waals surface area contributed by atoms with E-state index in [9.17, 15) is 4.79 Å². The monoisotopic (exact) mass is 304 g/mol. The van der Waals surface area contributed by atoms with Gasteiger partial charge in [0, 0.05) is 11.8 Å². The summed E-state index contributed by atoms with van der Waals surface area (Å²) < 4.78 is 1.59. The van der Waals surface area contributed by atoms with E-state index in [1.165, 1.54) is 0 Å². The number of hydrogen-bond acceptors (Lipinski definition) is 5. The van der Waals surface area contributed by atoms with E-state index in [1.807, 2.05) is 12.1 Å². The zero-order valence-electron chi connectivity index (χ0n) is 12.0. The average molecular weight is 304 g/mol. The summed E-state index contributed by atoms with van der Waals surface area (Å²) in [5, 5.41) is 19.6. The number of carbonyl (C=O) groups excluding carboxylic acids is 1. The molecule has 23 heavy (non-hydrogen) atoms. The van der Waals surface area contributed by atoms with Crippen molar-refractivity contribution in [3.8, 4) is 11.8 Å². The van der Waals surface area contributed by atoms with Crippen LogP contribution in [-0.4, -0.2) is 25.9 Å². The lowest BCUT2D eigenvalue weighted by molar-refractivity contribution is 0.0950. The molecule has 0 bridgehead atoms. The molecule has 0 fully saturated rings. The average Bonchev–Trinajstić information content (AvgIpc) is 3.09. The SMILES string of the molecule is N#Cc1cccc(C(=O)NCc2cn(-c3cccnc3)nn2)c1. The van der Waals surface area contributed by atoms with Crippen LogP contribution in [0.3, 0.4) is 0 Å². The highest BCUT2D eigenvalue weighted by Crippen LogP contribution is 2.06. The van der Waals surface area contributed by atoms with Crippen molar-refractivity contribution in [3.05, 3.63) is 71.8 Å². The fraction of sp³-hybridized carbons (Fsp3) is 0.0625. The maximum Gasteiger partial charge on any atom is 0.251 e. The van der Waals surface area contributed by atoms with Crippen molar-refractivity contribution in [1.82, 2.24) is 25.3 Å². The number of aromatic nitrogens is 4. The number of nitrogens with one attached hydrogen (secondary N) is 1. The molecule has 112 valence electrons. The third-order valence-electron chi connectivity index (χ3n) is 3.14. The molecule has 0 aliphatic heterocycles. The minimum atomic E-state index is -0.266. The fourth-order valence-corrected chi connectivity index (χ4v) is 2.00. The Labute approximate surface area is 132 Å². The van der Waals surface area contributed by atoms with Gasteiger partial charge in [0.05, 0.1) is 36.3 Å². The largest absolute Gasteiger partial charge is 0.346 e. The molecule has 0 saturated heterocycles. The number of hydrogen-bond donors (Lipinski definition) is 1.